The maximum atomic E-state index is 5.12. The number of aromatic nitrogens is 3. The molecule has 0 amide bonds. The van der Waals surface area contributed by atoms with Gasteiger partial charge in [-0.1, -0.05) is 6.58 Å². The number of methoxy groups -OCH3 is 3. The van der Waals surface area contributed by atoms with Crippen LogP contribution in [0.5, 0.6) is 17.8 Å². The monoisotopic (exact) mass is 359 g/mol. The number of ether oxygens (including phenoxy) is 3. The second-order valence-electron chi connectivity index (χ2n) is 4.96. The summed E-state index contributed by atoms with van der Waals surface area (Å²) in [5.41, 5.74) is 10.1. The average Bonchev–Trinajstić information content (AvgIpc) is 2.67. The molecule has 1 aromatic heterocycles. The number of hydrazine groups is 1. The number of nitrogens with zero attached hydrogens (tertiary/aromatic N) is 4. The minimum Gasteiger partial charge on any atom is -0.497 e. The zero-order valence-electron chi connectivity index (χ0n) is 15.0. The Morgan fingerprint density at radius 2 is 1.58 bits per heavy atom. The Hall–Kier alpha value is -3.56. The van der Waals surface area contributed by atoms with Gasteiger partial charge in [-0.05, 0) is 36.8 Å². The Morgan fingerprint density at radius 3 is 2.08 bits per heavy atom. The van der Waals surface area contributed by atoms with Gasteiger partial charge in [-0.2, -0.15) is 15.1 Å². The largest absolute Gasteiger partial charge is 0.497 e. The number of hydrogen-bond donors (Lipinski definition) is 3. The third-order valence-corrected chi connectivity index (χ3v) is 3.04. The van der Waals surface area contributed by atoms with E-state index in [1.807, 2.05) is 24.3 Å². The summed E-state index contributed by atoms with van der Waals surface area (Å²) in [5.74, 6) is 1.42. The van der Waals surface area contributed by atoms with Crippen molar-refractivity contribution in [3.63, 3.8) is 0 Å². The molecule has 0 aliphatic carbocycles. The highest BCUT2D eigenvalue weighted by molar-refractivity contribution is 5.98. The molecule has 1 aromatic carbocycles. The van der Waals surface area contributed by atoms with Crippen LogP contribution in [0.15, 0.2) is 41.5 Å². The standard InChI is InChI=1S/C16H21N7O3/c1-10(2)13(21-20-11-6-8-12(24-3)9-7-11)22-23-14-17-15(25-4)19-16(18-14)26-5/h6-9,20H,1H2,2-5H3,(H,21,22)(H,17,18,19,23). The van der Waals surface area contributed by atoms with E-state index in [0.29, 0.717) is 11.4 Å². The van der Waals surface area contributed by atoms with Crippen LogP contribution in [-0.4, -0.2) is 42.1 Å². The molecule has 3 N–H and O–H groups in total. The van der Waals surface area contributed by atoms with E-state index < -0.39 is 0 Å². The van der Waals surface area contributed by atoms with Crippen LogP contribution in [0.25, 0.3) is 0 Å². The van der Waals surface area contributed by atoms with Crippen molar-refractivity contribution in [1.29, 1.82) is 0 Å². The minimum atomic E-state index is 0.117. The van der Waals surface area contributed by atoms with Crippen molar-refractivity contribution in [2.45, 2.75) is 6.92 Å². The number of hydrogen-bond acceptors (Lipinski definition) is 9. The molecule has 0 saturated carbocycles. The van der Waals surface area contributed by atoms with Gasteiger partial charge in [-0.15, -0.1) is 4.98 Å². The first-order valence-corrected chi connectivity index (χ1v) is 7.55. The lowest BCUT2D eigenvalue weighted by Crippen LogP contribution is -2.32. The summed E-state index contributed by atoms with van der Waals surface area (Å²) in [5, 5.41) is 4.27. The van der Waals surface area contributed by atoms with Crippen LogP contribution in [-0.2, 0) is 0 Å². The first kappa shape index (κ1) is 18.8. The van der Waals surface area contributed by atoms with E-state index in [2.05, 4.69) is 42.9 Å². The van der Waals surface area contributed by atoms with Gasteiger partial charge in [-0.3, -0.25) is 16.3 Å². The summed E-state index contributed by atoms with van der Waals surface area (Å²) in [6.45, 7) is 5.68. The number of hydrazone groups is 1. The van der Waals surface area contributed by atoms with E-state index >= 15 is 0 Å². The Bertz CT molecular complexity index is 756. The predicted octanol–water partition coefficient (Wildman–Crippen LogP) is 1.82. The van der Waals surface area contributed by atoms with E-state index in [9.17, 15) is 0 Å². The quantitative estimate of drug-likeness (QED) is 0.369. The van der Waals surface area contributed by atoms with E-state index in [-0.39, 0.29) is 18.0 Å². The van der Waals surface area contributed by atoms with E-state index in [1.165, 1.54) is 14.2 Å². The zero-order valence-corrected chi connectivity index (χ0v) is 15.0. The van der Waals surface area contributed by atoms with Gasteiger partial charge in [0.05, 0.1) is 27.0 Å². The van der Waals surface area contributed by atoms with Crippen LogP contribution in [0.1, 0.15) is 6.92 Å². The highest BCUT2D eigenvalue weighted by Gasteiger charge is 2.08. The zero-order chi connectivity index (χ0) is 18.9. The first-order chi connectivity index (χ1) is 12.5. The summed E-state index contributed by atoms with van der Waals surface area (Å²) in [6.07, 6.45) is 0. The lowest BCUT2D eigenvalue weighted by molar-refractivity contribution is 0.341. The Kier molecular flexibility index (Phi) is 6.54. The second-order valence-corrected chi connectivity index (χ2v) is 4.96. The summed E-state index contributed by atoms with van der Waals surface area (Å²) in [6, 6.07) is 7.57. The van der Waals surface area contributed by atoms with Crippen molar-refractivity contribution >= 4 is 17.5 Å². The third-order valence-electron chi connectivity index (χ3n) is 3.04. The molecule has 0 aliphatic heterocycles. The summed E-state index contributed by atoms with van der Waals surface area (Å²) in [7, 11) is 4.51. The maximum Gasteiger partial charge on any atom is 0.324 e. The molecule has 0 unspecified atom stereocenters. The van der Waals surface area contributed by atoms with Gasteiger partial charge >= 0.3 is 12.0 Å². The van der Waals surface area contributed by atoms with Crippen LogP contribution in [0.4, 0.5) is 11.6 Å². The van der Waals surface area contributed by atoms with Gasteiger partial charge < -0.3 is 14.2 Å². The topological polar surface area (TPSA) is 115 Å². The number of anilines is 2. The molecule has 2 rings (SSSR count). The molecule has 0 spiro atoms. The van der Waals surface area contributed by atoms with Gasteiger partial charge in [0, 0.05) is 0 Å². The summed E-state index contributed by atoms with van der Waals surface area (Å²) < 4.78 is 15.1. The molecule has 2 aromatic rings. The third kappa shape index (κ3) is 5.23. The molecule has 26 heavy (non-hydrogen) atoms. The fourth-order valence-corrected chi connectivity index (χ4v) is 1.71. The molecule has 0 fully saturated rings. The molecule has 1 heterocycles. The molecule has 0 aliphatic rings. The SMILES string of the molecule is C=C(C)C(=NNc1ccc(OC)cc1)NNc1nc(OC)nc(OC)n1. The van der Waals surface area contributed by atoms with Crippen molar-refractivity contribution in [2.75, 3.05) is 32.2 Å². The molecule has 10 heteroatoms. The van der Waals surface area contributed by atoms with Crippen LogP contribution < -0.4 is 30.5 Å². The second kappa shape index (κ2) is 9.06. The lowest BCUT2D eigenvalue weighted by Gasteiger charge is -2.12. The fraction of sp³-hybridized carbons (Fsp3) is 0.250. The van der Waals surface area contributed by atoms with Gasteiger partial charge in [0.15, 0.2) is 5.84 Å². The van der Waals surface area contributed by atoms with Crippen LogP contribution in [0.2, 0.25) is 0 Å². The van der Waals surface area contributed by atoms with Crippen LogP contribution in [0.3, 0.4) is 0 Å². The number of amidine groups is 1. The molecular weight excluding hydrogens is 338 g/mol. The van der Waals surface area contributed by atoms with Crippen molar-refractivity contribution in [1.82, 2.24) is 20.4 Å². The van der Waals surface area contributed by atoms with Crippen LogP contribution >= 0.6 is 0 Å². The highest BCUT2D eigenvalue weighted by Crippen LogP contribution is 2.15. The van der Waals surface area contributed by atoms with E-state index in [1.54, 1.807) is 14.0 Å². The molecular formula is C16H21N7O3. The van der Waals surface area contributed by atoms with Crippen molar-refractivity contribution in [2.24, 2.45) is 5.10 Å². The van der Waals surface area contributed by atoms with Gasteiger partial charge in [0.25, 0.3) is 5.95 Å². The van der Waals surface area contributed by atoms with Crippen molar-refractivity contribution in [3.8, 4) is 17.8 Å². The summed E-state index contributed by atoms with van der Waals surface area (Å²) in [4.78, 5) is 12.0. The average molecular weight is 359 g/mol. The van der Waals surface area contributed by atoms with Crippen molar-refractivity contribution < 1.29 is 14.2 Å². The summed E-state index contributed by atoms with van der Waals surface area (Å²) >= 11 is 0. The lowest BCUT2D eigenvalue weighted by atomic mass is 10.3. The minimum absolute atomic E-state index is 0.117. The Balaban J connectivity index is 2.06. The molecule has 10 nitrogen and oxygen atoms in total. The smallest absolute Gasteiger partial charge is 0.324 e. The molecule has 0 saturated heterocycles. The van der Waals surface area contributed by atoms with Gasteiger partial charge in [0.2, 0.25) is 0 Å². The predicted molar refractivity (Wildman–Crippen MR) is 98.6 cm³/mol. The molecule has 0 bridgehead atoms. The van der Waals surface area contributed by atoms with Crippen LogP contribution in [0, 0.1) is 0 Å². The van der Waals surface area contributed by atoms with E-state index in [4.69, 9.17) is 14.2 Å². The van der Waals surface area contributed by atoms with Gasteiger partial charge in [0.1, 0.15) is 5.75 Å². The van der Waals surface area contributed by atoms with Crippen molar-refractivity contribution in [3.05, 3.63) is 36.4 Å². The highest BCUT2D eigenvalue weighted by atomic mass is 16.5. The molecule has 0 radical (unpaired) electrons. The Labute approximate surface area is 151 Å². The number of benzene rings is 1. The van der Waals surface area contributed by atoms with Gasteiger partial charge in [-0.25, -0.2) is 0 Å². The number of rotatable bonds is 8. The maximum absolute atomic E-state index is 5.12. The fourth-order valence-electron chi connectivity index (χ4n) is 1.71. The first-order valence-electron chi connectivity index (χ1n) is 7.55. The normalized spacial score (nSPS) is 10.7. The Morgan fingerprint density at radius 1 is 0.962 bits per heavy atom. The van der Waals surface area contributed by atoms with E-state index in [0.717, 1.165) is 11.4 Å². The molecule has 0 atom stereocenters. The molecule has 138 valence electrons. The number of nitrogens with one attached hydrogen (secondary N) is 3.